The first-order valence-electron chi connectivity index (χ1n) is 6.49. The van der Waals surface area contributed by atoms with E-state index in [2.05, 4.69) is 0 Å². The maximum absolute atomic E-state index is 12.3. The Morgan fingerprint density at radius 1 is 1.25 bits per heavy atom. The van der Waals surface area contributed by atoms with Crippen LogP contribution in [0, 0.1) is 0 Å². The Labute approximate surface area is 117 Å². The summed E-state index contributed by atoms with van der Waals surface area (Å²) < 4.78 is 42.1. The van der Waals surface area contributed by atoms with Gasteiger partial charge in [0.2, 0.25) is 0 Å². The summed E-state index contributed by atoms with van der Waals surface area (Å²) in [6.45, 7) is 1.15. The van der Waals surface area contributed by atoms with Crippen LogP contribution in [0.25, 0.3) is 0 Å². The Hall–Kier alpha value is -1.11. The second kappa shape index (κ2) is 8.24. The predicted octanol–water partition coefficient (Wildman–Crippen LogP) is 2.45. The number of aliphatic hydroxyl groups excluding tert-OH is 1. The number of alkyl halides is 3. The van der Waals surface area contributed by atoms with E-state index in [0.717, 1.165) is 10.5 Å². The van der Waals surface area contributed by atoms with Gasteiger partial charge >= 0.3 is 6.18 Å². The first-order valence-corrected chi connectivity index (χ1v) is 6.49. The Morgan fingerprint density at radius 2 is 1.90 bits per heavy atom. The summed E-state index contributed by atoms with van der Waals surface area (Å²) in [6.07, 6.45) is -5.18. The van der Waals surface area contributed by atoms with E-state index >= 15 is 0 Å². The van der Waals surface area contributed by atoms with Gasteiger partial charge in [0.05, 0.1) is 25.9 Å². The number of hydrogen-bond acceptors (Lipinski definition) is 3. The summed E-state index contributed by atoms with van der Waals surface area (Å²) >= 11 is 0. The summed E-state index contributed by atoms with van der Waals surface area (Å²) in [5.74, 6) is 0. The number of hydrogen-bond donors (Lipinski definition) is 1. The van der Waals surface area contributed by atoms with Gasteiger partial charge in [-0.05, 0) is 12.1 Å². The third kappa shape index (κ3) is 7.47. The smallest absolute Gasteiger partial charge is 0.389 e. The van der Waals surface area contributed by atoms with Crippen molar-refractivity contribution in [1.82, 2.24) is 4.90 Å². The van der Waals surface area contributed by atoms with Gasteiger partial charge in [0.25, 0.3) is 0 Å². The third-order valence-corrected chi connectivity index (χ3v) is 2.74. The van der Waals surface area contributed by atoms with Crippen LogP contribution in [0.15, 0.2) is 30.3 Å². The van der Waals surface area contributed by atoms with Crippen molar-refractivity contribution in [1.29, 1.82) is 0 Å². The minimum atomic E-state index is -4.25. The van der Waals surface area contributed by atoms with Crippen LogP contribution in [0.2, 0.25) is 0 Å². The van der Waals surface area contributed by atoms with E-state index in [1.165, 1.54) is 0 Å². The van der Waals surface area contributed by atoms with Crippen LogP contribution in [0.1, 0.15) is 12.5 Å². The highest BCUT2D eigenvalue weighted by Gasteiger charge is 2.30. The average Bonchev–Trinajstić information content (AvgIpc) is 2.37. The van der Waals surface area contributed by atoms with E-state index in [9.17, 15) is 18.3 Å². The Morgan fingerprint density at radius 3 is 2.45 bits per heavy atom. The van der Waals surface area contributed by atoms with Gasteiger partial charge < -0.3 is 9.84 Å². The molecule has 0 saturated carbocycles. The van der Waals surface area contributed by atoms with E-state index in [-0.39, 0.29) is 19.7 Å². The molecule has 1 rings (SSSR count). The van der Waals surface area contributed by atoms with Crippen molar-refractivity contribution in [3.63, 3.8) is 0 Å². The number of benzene rings is 1. The molecule has 0 aliphatic carbocycles. The first-order chi connectivity index (χ1) is 9.40. The van der Waals surface area contributed by atoms with Crippen LogP contribution in [0.4, 0.5) is 13.2 Å². The molecule has 20 heavy (non-hydrogen) atoms. The van der Waals surface area contributed by atoms with E-state index in [1.54, 1.807) is 6.92 Å². The second-order valence-electron chi connectivity index (χ2n) is 4.60. The minimum Gasteiger partial charge on any atom is -0.389 e. The normalized spacial score (nSPS) is 13.7. The molecule has 0 bridgehead atoms. The lowest BCUT2D eigenvalue weighted by molar-refractivity contribution is -0.149. The van der Waals surface area contributed by atoms with E-state index in [1.807, 2.05) is 30.3 Å². The molecular formula is C14H20F3NO2. The van der Waals surface area contributed by atoms with E-state index in [0.29, 0.717) is 6.61 Å². The Bertz CT molecular complexity index is 370. The zero-order valence-electron chi connectivity index (χ0n) is 11.4. The molecule has 1 aromatic carbocycles. The van der Waals surface area contributed by atoms with E-state index < -0.39 is 18.8 Å². The van der Waals surface area contributed by atoms with Gasteiger partial charge in [0.1, 0.15) is 0 Å². The molecule has 0 aliphatic heterocycles. The molecule has 0 saturated heterocycles. The van der Waals surface area contributed by atoms with Gasteiger partial charge in [-0.1, -0.05) is 37.3 Å². The van der Waals surface area contributed by atoms with Crippen molar-refractivity contribution >= 4 is 0 Å². The predicted molar refractivity (Wildman–Crippen MR) is 70.3 cm³/mol. The molecule has 1 unspecified atom stereocenters. The monoisotopic (exact) mass is 291 g/mol. The third-order valence-electron chi connectivity index (χ3n) is 2.74. The SMILES string of the molecule is CCN(CC(O)COCc1ccccc1)CC(F)(F)F. The number of halogens is 3. The molecule has 1 atom stereocenters. The van der Waals surface area contributed by atoms with Gasteiger partial charge in [0.15, 0.2) is 0 Å². The molecular weight excluding hydrogens is 271 g/mol. The van der Waals surface area contributed by atoms with Crippen molar-refractivity contribution in [2.45, 2.75) is 25.8 Å². The first kappa shape index (κ1) is 16.9. The lowest BCUT2D eigenvalue weighted by atomic mass is 10.2. The van der Waals surface area contributed by atoms with Gasteiger partial charge in [-0.2, -0.15) is 13.2 Å². The largest absolute Gasteiger partial charge is 0.401 e. The van der Waals surface area contributed by atoms with Crippen LogP contribution >= 0.6 is 0 Å². The van der Waals surface area contributed by atoms with Crippen molar-refractivity contribution in [2.75, 3.05) is 26.2 Å². The van der Waals surface area contributed by atoms with Crippen LogP contribution in [-0.4, -0.2) is 48.5 Å². The molecule has 6 heteroatoms. The number of aliphatic hydroxyl groups is 1. The molecule has 0 amide bonds. The fourth-order valence-electron chi connectivity index (χ4n) is 1.80. The Balaban J connectivity index is 2.26. The maximum Gasteiger partial charge on any atom is 0.401 e. The molecule has 0 spiro atoms. The van der Waals surface area contributed by atoms with Crippen molar-refractivity contribution < 1.29 is 23.0 Å². The molecule has 0 radical (unpaired) electrons. The van der Waals surface area contributed by atoms with Crippen LogP contribution in [0.3, 0.4) is 0 Å². The summed E-state index contributed by atoms with van der Waals surface area (Å²) in [5, 5.41) is 9.69. The van der Waals surface area contributed by atoms with Crippen molar-refractivity contribution in [3.05, 3.63) is 35.9 Å². The molecule has 114 valence electrons. The van der Waals surface area contributed by atoms with Gasteiger partial charge in [-0.25, -0.2) is 0 Å². The molecule has 1 aromatic rings. The van der Waals surface area contributed by atoms with Gasteiger partial charge in [0, 0.05) is 6.54 Å². The molecule has 3 nitrogen and oxygen atoms in total. The summed E-state index contributed by atoms with van der Waals surface area (Å²) in [5.41, 5.74) is 0.960. The number of rotatable bonds is 8. The molecule has 0 heterocycles. The standard InChI is InChI=1S/C14H20F3NO2/c1-2-18(11-14(15,16)17)8-13(19)10-20-9-12-6-4-3-5-7-12/h3-7,13,19H,2,8-11H2,1H3. The van der Waals surface area contributed by atoms with Crippen LogP contribution in [-0.2, 0) is 11.3 Å². The van der Waals surface area contributed by atoms with Gasteiger partial charge in [-0.15, -0.1) is 0 Å². The van der Waals surface area contributed by atoms with Crippen LogP contribution in [0.5, 0.6) is 0 Å². The Kier molecular flexibility index (Phi) is 6.98. The molecule has 1 N–H and O–H groups in total. The highest BCUT2D eigenvalue weighted by atomic mass is 19.4. The van der Waals surface area contributed by atoms with E-state index in [4.69, 9.17) is 4.74 Å². The number of ether oxygens (including phenoxy) is 1. The molecule has 0 aromatic heterocycles. The van der Waals surface area contributed by atoms with Crippen molar-refractivity contribution in [3.8, 4) is 0 Å². The van der Waals surface area contributed by atoms with Crippen molar-refractivity contribution in [2.24, 2.45) is 0 Å². The second-order valence-corrected chi connectivity index (χ2v) is 4.60. The lowest BCUT2D eigenvalue weighted by Crippen LogP contribution is -2.40. The van der Waals surface area contributed by atoms with Crippen LogP contribution < -0.4 is 0 Å². The average molecular weight is 291 g/mol. The summed E-state index contributed by atoms with van der Waals surface area (Å²) in [4.78, 5) is 1.15. The number of nitrogens with zero attached hydrogens (tertiary/aromatic N) is 1. The maximum atomic E-state index is 12.3. The minimum absolute atomic E-state index is 0.0171. The fourth-order valence-corrected chi connectivity index (χ4v) is 1.80. The zero-order chi connectivity index (χ0) is 15.0. The summed E-state index contributed by atoms with van der Waals surface area (Å²) in [6, 6.07) is 9.39. The zero-order valence-corrected chi connectivity index (χ0v) is 11.4. The quantitative estimate of drug-likeness (QED) is 0.798. The highest BCUT2D eigenvalue weighted by molar-refractivity contribution is 5.13. The lowest BCUT2D eigenvalue weighted by Gasteiger charge is -2.24. The topological polar surface area (TPSA) is 32.7 Å². The summed E-state index contributed by atoms with van der Waals surface area (Å²) in [7, 11) is 0. The fraction of sp³-hybridized carbons (Fsp3) is 0.571. The van der Waals surface area contributed by atoms with Gasteiger partial charge in [-0.3, -0.25) is 4.90 Å². The highest BCUT2D eigenvalue weighted by Crippen LogP contribution is 2.16. The number of likely N-dealkylation sites (N-methyl/N-ethyl adjacent to an activating group) is 1. The molecule has 0 aliphatic rings. The molecule has 0 fully saturated rings.